The Balaban J connectivity index is 2.40. The molecule has 25 heavy (non-hydrogen) atoms. The third-order valence-corrected chi connectivity index (χ3v) is 4.81. The lowest BCUT2D eigenvalue weighted by atomic mass is 10.0. The molecule has 0 amide bonds. The van der Waals surface area contributed by atoms with Gasteiger partial charge in [-0.15, -0.1) is 0 Å². The standard InChI is InChI=1S/C19H26N2O3S/c1-14-5-6-17(24-4)16(11-14)18(19(22)23)21(9-8-20(2)3)12-15-7-10-25-13-15/h5-7,10-11,13,18H,8-9,12H2,1-4H3,(H,22,23)/t18-/m1/s1. The number of aryl methyl sites for hydroxylation is 1. The summed E-state index contributed by atoms with van der Waals surface area (Å²) in [5, 5.41) is 14.1. The second-order valence-corrected chi connectivity index (χ2v) is 7.17. The van der Waals surface area contributed by atoms with Crippen LogP contribution in [0.15, 0.2) is 35.0 Å². The largest absolute Gasteiger partial charge is 0.496 e. The molecular weight excluding hydrogens is 336 g/mol. The SMILES string of the molecule is COc1ccc(C)cc1[C@H](C(=O)O)N(CCN(C)C)Cc1ccsc1. The van der Waals surface area contributed by atoms with Gasteiger partial charge in [-0.25, -0.2) is 0 Å². The fraction of sp³-hybridized carbons (Fsp3) is 0.421. The summed E-state index contributed by atoms with van der Waals surface area (Å²) >= 11 is 1.62. The number of rotatable bonds is 9. The summed E-state index contributed by atoms with van der Waals surface area (Å²) in [6, 6.07) is 6.97. The van der Waals surface area contributed by atoms with Crippen LogP contribution in [-0.4, -0.2) is 55.2 Å². The van der Waals surface area contributed by atoms with Crippen molar-refractivity contribution in [3.8, 4) is 5.75 Å². The van der Waals surface area contributed by atoms with Crippen molar-refractivity contribution in [3.63, 3.8) is 0 Å². The molecule has 0 saturated carbocycles. The van der Waals surface area contributed by atoms with Crippen LogP contribution < -0.4 is 4.74 Å². The molecule has 136 valence electrons. The summed E-state index contributed by atoms with van der Waals surface area (Å²) in [6.45, 7) is 3.98. The average molecular weight is 362 g/mol. The lowest BCUT2D eigenvalue weighted by Gasteiger charge is -2.31. The monoisotopic (exact) mass is 362 g/mol. The highest BCUT2D eigenvalue weighted by molar-refractivity contribution is 7.07. The molecule has 1 heterocycles. The van der Waals surface area contributed by atoms with Gasteiger partial charge in [0.25, 0.3) is 0 Å². The lowest BCUT2D eigenvalue weighted by Crippen LogP contribution is -2.38. The molecule has 1 aromatic heterocycles. The molecule has 2 aromatic rings. The Morgan fingerprint density at radius 3 is 2.60 bits per heavy atom. The normalized spacial score (nSPS) is 12.6. The van der Waals surface area contributed by atoms with Crippen LogP contribution in [0, 0.1) is 6.92 Å². The highest BCUT2D eigenvalue weighted by Gasteiger charge is 2.30. The van der Waals surface area contributed by atoms with Crippen LogP contribution in [0.4, 0.5) is 0 Å². The highest BCUT2D eigenvalue weighted by atomic mass is 32.1. The van der Waals surface area contributed by atoms with Gasteiger partial charge < -0.3 is 14.7 Å². The Morgan fingerprint density at radius 2 is 2.04 bits per heavy atom. The van der Waals surface area contributed by atoms with E-state index in [9.17, 15) is 9.90 Å². The van der Waals surface area contributed by atoms with E-state index in [2.05, 4.69) is 10.3 Å². The zero-order chi connectivity index (χ0) is 18.4. The summed E-state index contributed by atoms with van der Waals surface area (Å²) in [5.41, 5.74) is 2.84. The minimum atomic E-state index is -0.863. The van der Waals surface area contributed by atoms with E-state index >= 15 is 0 Å². The molecule has 2 rings (SSSR count). The van der Waals surface area contributed by atoms with Crippen molar-refractivity contribution in [2.75, 3.05) is 34.3 Å². The first-order valence-corrected chi connectivity index (χ1v) is 9.14. The van der Waals surface area contributed by atoms with Crippen molar-refractivity contribution in [1.29, 1.82) is 0 Å². The molecule has 0 spiro atoms. The minimum Gasteiger partial charge on any atom is -0.496 e. The van der Waals surface area contributed by atoms with Crippen LogP contribution in [0.5, 0.6) is 5.75 Å². The van der Waals surface area contributed by atoms with Crippen LogP contribution in [-0.2, 0) is 11.3 Å². The number of carboxylic acid groups (broad SMARTS) is 1. The maximum Gasteiger partial charge on any atom is 0.325 e. The predicted molar refractivity (Wildman–Crippen MR) is 101 cm³/mol. The van der Waals surface area contributed by atoms with Gasteiger partial charge in [-0.1, -0.05) is 17.7 Å². The molecule has 1 N–H and O–H groups in total. The van der Waals surface area contributed by atoms with Crippen LogP contribution in [0.3, 0.4) is 0 Å². The van der Waals surface area contributed by atoms with Gasteiger partial charge in [-0.2, -0.15) is 11.3 Å². The summed E-state index contributed by atoms with van der Waals surface area (Å²) in [7, 11) is 5.56. The van der Waals surface area contributed by atoms with Gasteiger partial charge in [0, 0.05) is 25.2 Å². The summed E-state index contributed by atoms with van der Waals surface area (Å²) < 4.78 is 5.44. The maximum absolute atomic E-state index is 12.2. The number of methoxy groups -OCH3 is 1. The molecule has 1 aromatic carbocycles. The molecule has 0 unspecified atom stereocenters. The van der Waals surface area contributed by atoms with E-state index in [1.165, 1.54) is 0 Å². The Kier molecular flexibility index (Phi) is 6.99. The van der Waals surface area contributed by atoms with E-state index < -0.39 is 12.0 Å². The highest BCUT2D eigenvalue weighted by Crippen LogP contribution is 2.32. The predicted octanol–water partition coefficient (Wildman–Crippen LogP) is 3.25. The summed E-state index contributed by atoms with van der Waals surface area (Å²) in [4.78, 5) is 16.2. The Bertz CT molecular complexity index is 686. The van der Waals surface area contributed by atoms with E-state index in [1.54, 1.807) is 18.4 Å². The van der Waals surface area contributed by atoms with Gasteiger partial charge in [0.2, 0.25) is 0 Å². The van der Waals surface area contributed by atoms with Crippen molar-refractivity contribution >= 4 is 17.3 Å². The number of likely N-dealkylation sites (N-methyl/N-ethyl adjacent to an activating group) is 1. The maximum atomic E-state index is 12.2. The third-order valence-electron chi connectivity index (χ3n) is 4.08. The molecule has 0 aliphatic carbocycles. The smallest absolute Gasteiger partial charge is 0.325 e. The van der Waals surface area contributed by atoms with Gasteiger partial charge in [0.05, 0.1) is 7.11 Å². The Hall–Kier alpha value is -1.89. The number of hydrogen-bond acceptors (Lipinski definition) is 5. The van der Waals surface area contributed by atoms with Crippen molar-refractivity contribution in [1.82, 2.24) is 9.80 Å². The zero-order valence-electron chi connectivity index (χ0n) is 15.2. The number of aliphatic carboxylic acids is 1. The van der Waals surface area contributed by atoms with Crippen LogP contribution in [0.25, 0.3) is 0 Å². The van der Waals surface area contributed by atoms with Gasteiger partial charge in [-0.05, 0) is 49.5 Å². The molecule has 1 atom stereocenters. The summed E-state index contributed by atoms with van der Waals surface area (Å²) in [5.74, 6) is -0.254. The van der Waals surface area contributed by atoms with Gasteiger partial charge >= 0.3 is 5.97 Å². The van der Waals surface area contributed by atoms with Crippen LogP contribution in [0.2, 0.25) is 0 Å². The third kappa shape index (κ3) is 5.29. The minimum absolute atomic E-state index is 0.589. The number of benzene rings is 1. The van der Waals surface area contributed by atoms with Gasteiger partial charge in [0.1, 0.15) is 11.8 Å². The van der Waals surface area contributed by atoms with Crippen LogP contribution in [0.1, 0.15) is 22.7 Å². The first kappa shape index (κ1) is 19.4. The first-order chi connectivity index (χ1) is 11.9. The number of thiophene rings is 1. The van der Waals surface area contributed by atoms with E-state index in [0.717, 1.165) is 17.7 Å². The second kappa shape index (κ2) is 8.99. The van der Waals surface area contributed by atoms with Crippen molar-refractivity contribution in [3.05, 3.63) is 51.7 Å². The Labute approximate surface area is 153 Å². The van der Waals surface area contributed by atoms with E-state index in [0.29, 0.717) is 24.4 Å². The van der Waals surface area contributed by atoms with Crippen LogP contribution >= 0.6 is 11.3 Å². The topological polar surface area (TPSA) is 53.0 Å². The second-order valence-electron chi connectivity index (χ2n) is 6.39. The number of carboxylic acids is 1. The van der Waals surface area contributed by atoms with Crippen molar-refractivity contribution in [2.45, 2.75) is 19.5 Å². The molecule has 0 radical (unpaired) electrons. The fourth-order valence-electron chi connectivity index (χ4n) is 2.80. The van der Waals surface area contributed by atoms with Gasteiger partial charge in [-0.3, -0.25) is 9.69 Å². The molecule has 0 saturated heterocycles. The molecule has 0 aliphatic heterocycles. The average Bonchev–Trinajstić information content (AvgIpc) is 3.05. The summed E-state index contributed by atoms with van der Waals surface area (Å²) in [6.07, 6.45) is 0. The molecular formula is C19H26N2O3S. The fourth-order valence-corrected chi connectivity index (χ4v) is 3.46. The number of nitrogens with zero attached hydrogens (tertiary/aromatic N) is 2. The molecule has 6 heteroatoms. The van der Waals surface area contributed by atoms with E-state index in [1.807, 2.05) is 55.6 Å². The van der Waals surface area contributed by atoms with E-state index in [4.69, 9.17) is 4.74 Å². The number of ether oxygens (including phenoxy) is 1. The molecule has 0 bridgehead atoms. The van der Waals surface area contributed by atoms with Crippen molar-refractivity contribution in [2.24, 2.45) is 0 Å². The lowest BCUT2D eigenvalue weighted by molar-refractivity contribution is -0.144. The quantitative estimate of drug-likeness (QED) is 0.742. The first-order valence-electron chi connectivity index (χ1n) is 8.19. The molecule has 0 aliphatic rings. The van der Waals surface area contributed by atoms with Gasteiger partial charge in [0.15, 0.2) is 0 Å². The van der Waals surface area contributed by atoms with Crippen molar-refractivity contribution < 1.29 is 14.6 Å². The number of carbonyl (C=O) groups is 1. The number of hydrogen-bond donors (Lipinski definition) is 1. The molecule has 5 nitrogen and oxygen atoms in total. The molecule has 0 fully saturated rings. The van der Waals surface area contributed by atoms with E-state index in [-0.39, 0.29) is 0 Å². The zero-order valence-corrected chi connectivity index (χ0v) is 16.0. The Morgan fingerprint density at radius 1 is 1.28 bits per heavy atom.